The Hall–Kier alpha value is -3.28. The molecule has 0 spiro atoms. The van der Waals surface area contributed by atoms with Gasteiger partial charge in [0.05, 0.1) is 17.0 Å². The third-order valence-corrected chi connectivity index (χ3v) is 7.42. The van der Waals surface area contributed by atoms with E-state index in [9.17, 15) is 14.7 Å². The van der Waals surface area contributed by atoms with E-state index < -0.39 is 5.97 Å². The maximum Gasteiger partial charge on any atom is 0.337 e. The van der Waals surface area contributed by atoms with Gasteiger partial charge in [-0.1, -0.05) is 32.0 Å². The van der Waals surface area contributed by atoms with Gasteiger partial charge in [-0.05, 0) is 54.9 Å². The summed E-state index contributed by atoms with van der Waals surface area (Å²) in [5.41, 5.74) is 3.42. The van der Waals surface area contributed by atoms with E-state index in [4.69, 9.17) is 4.42 Å². The summed E-state index contributed by atoms with van der Waals surface area (Å²) in [5.74, 6) is 0.927. The molecule has 32 heavy (non-hydrogen) atoms. The number of rotatable bonds is 5. The van der Waals surface area contributed by atoms with Crippen LogP contribution in [-0.4, -0.2) is 24.2 Å². The number of carboxylic acids is 1. The van der Waals surface area contributed by atoms with Crippen LogP contribution in [0.15, 0.2) is 51.7 Å². The number of para-hydroxylation sites is 1. The molecule has 6 nitrogen and oxygen atoms in total. The molecule has 0 radical (unpaired) electrons. The predicted octanol–water partition coefficient (Wildman–Crippen LogP) is 5.06. The fourth-order valence-electron chi connectivity index (χ4n) is 5.32. The Bertz CT molecular complexity index is 1280. The largest absolute Gasteiger partial charge is 0.478 e. The lowest BCUT2D eigenvalue weighted by Gasteiger charge is -2.24. The van der Waals surface area contributed by atoms with Crippen LogP contribution in [0.4, 0.5) is 11.6 Å². The van der Waals surface area contributed by atoms with Gasteiger partial charge in [0, 0.05) is 30.4 Å². The molecule has 0 bridgehead atoms. The van der Waals surface area contributed by atoms with Gasteiger partial charge in [-0.3, -0.25) is 4.79 Å². The lowest BCUT2D eigenvalue weighted by atomic mass is 10.0. The SMILES string of the molecule is Cc1cc(C(C)Nc2ccccc2C(=O)O)c2oc(N3CC4C(C3)C4(C)C)cc(=O)c2c1. The number of fused-ring (bicyclic) bond motifs is 2. The van der Waals surface area contributed by atoms with Crippen molar-refractivity contribution < 1.29 is 14.3 Å². The molecule has 1 saturated heterocycles. The van der Waals surface area contributed by atoms with Gasteiger partial charge in [0.25, 0.3) is 0 Å². The van der Waals surface area contributed by atoms with Gasteiger partial charge in [0.1, 0.15) is 5.58 Å². The number of carboxylic acid groups (broad SMARTS) is 1. The van der Waals surface area contributed by atoms with Crippen molar-refractivity contribution in [1.82, 2.24) is 0 Å². The van der Waals surface area contributed by atoms with Crippen LogP contribution in [0.1, 0.15) is 48.3 Å². The summed E-state index contributed by atoms with van der Waals surface area (Å²) >= 11 is 0. The molecule has 5 rings (SSSR count). The maximum atomic E-state index is 13.0. The Morgan fingerprint density at radius 1 is 1.19 bits per heavy atom. The van der Waals surface area contributed by atoms with Crippen molar-refractivity contribution in [3.8, 4) is 0 Å². The second-order valence-corrected chi connectivity index (χ2v) is 9.84. The van der Waals surface area contributed by atoms with Crippen molar-refractivity contribution in [2.75, 3.05) is 23.3 Å². The predicted molar refractivity (Wildman–Crippen MR) is 126 cm³/mol. The fourth-order valence-corrected chi connectivity index (χ4v) is 5.32. The normalized spacial score (nSPS) is 21.9. The summed E-state index contributed by atoms with van der Waals surface area (Å²) in [4.78, 5) is 26.8. The van der Waals surface area contributed by atoms with Crippen molar-refractivity contribution in [2.24, 2.45) is 17.3 Å². The van der Waals surface area contributed by atoms with E-state index in [1.165, 1.54) is 0 Å². The van der Waals surface area contributed by atoms with Crippen molar-refractivity contribution in [2.45, 2.75) is 33.7 Å². The molecule has 3 aromatic rings. The lowest BCUT2D eigenvalue weighted by molar-refractivity contribution is 0.0698. The molecule has 3 atom stereocenters. The summed E-state index contributed by atoms with van der Waals surface area (Å²) in [7, 11) is 0. The maximum absolute atomic E-state index is 13.0. The van der Waals surface area contributed by atoms with Crippen LogP contribution in [0.5, 0.6) is 0 Å². The first-order chi connectivity index (χ1) is 15.2. The van der Waals surface area contributed by atoms with E-state index in [-0.39, 0.29) is 17.0 Å². The average Bonchev–Trinajstić information content (AvgIpc) is 3.07. The molecular weight excluding hydrogens is 404 g/mol. The summed E-state index contributed by atoms with van der Waals surface area (Å²) in [5, 5.41) is 13.4. The summed E-state index contributed by atoms with van der Waals surface area (Å²) < 4.78 is 6.36. The topological polar surface area (TPSA) is 82.8 Å². The fraction of sp³-hybridized carbons (Fsp3) is 0.385. The van der Waals surface area contributed by atoms with Crippen molar-refractivity contribution >= 4 is 28.5 Å². The molecule has 2 aliphatic rings. The number of piperidine rings is 1. The van der Waals surface area contributed by atoms with Crippen LogP contribution in [0.2, 0.25) is 0 Å². The number of nitrogens with zero attached hydrogens (tertiary/aromatic N) is 1. The summed E-state index contributed by atoms with van der Waals surface area (Å²) in [6.45, 7) is 10.3. The molecular formula is C26H28N2O4. The first-order valence-corrected chi connectivity index (χ1v) is 11.1. The Labute approximate surface area is 186 Å². The molecule has 2 heterocycles. The molecule has 0 amide bonds. The minimum atomic E-state index is -0.987. The molecule has 1 saturated carbocycles. The summed E-state index contributed by atoms with van der Waals surface area (Å²) in [6, 6.07) is 12.0. The molecule has 1 aromatic heterocycles. The Balaban J connectivity index is 1.53. The molecule has 2 fully saturated rings. The third-order valence-electron chi connectivity index (χ3n) is 7.42. The van der Waals surface area contributed by atoms with E-state index in [1.807, 2.05) is 26.0 Å². The van der Waals surface area contributed by atoms with Gasteiger partial charge in [0.15, 0.2) is 11.3 Å². The lowest BCUT2D eigenvalue weighted by Crippen LogP contribution is -2.27. The first-order valence-electron chi connectivity index (χ1n) is 11.1. The zero-order chi connectivity index (χ0) is 22.8. The van der Waals surface area contributed by atoms with Crippen molar-refractivity contribution in [3.63, 3.8) is 0 Å². The number of hydrogen-bond donors (Lipinski definition) is 2. The van der Waals surface area contributed by atoms with Crippen LogP contribution >= 0.6 is 0 Å². The monoisotopic (exact) mass is 432 g/mol. The minimum Gasteiger partial charge on any atom is -0.478 e. The standard InChI is InChI=1S/C26H28N2O4/c1-14-9-17(15(2)27-21-8-6-5-7-16(21)25(30)31)24-18(10-14)22(29)11-23(32-24)28-12-19-20(13-28)26(19,3)4/h5-11,15,19-20,27H,12-13H2,1-4H3,(H,30,31). The Kier molecular flexibility index (Phi) is 4.59. The highest BCUT2D eigenvalue weighted by molar-refractivity contribution is 5.94. The first kappa shape index (κ1) is 20.6. The van der Waals surface area contributed by atoms with Crippen LogP contribution in [0.3, 0.4) is 0 Å². The van der Waals surface area contributed by atoms with Crippen LogP contribution in [0.25, 0.3) is 11.0 Å². The highest BCUT2D eigenvalue weighted by Gasteiger charge is 2.62. The van der Waals surface area contributed by atoms with E-state index in [1.54, 1.807) is 30.3 Å². The van der Waals surface area contributed by atoms with Gasteiger partial charge in [-0.15, -0.1) is 0 Å². The third kappa shape index (κ3) is 3.25. The van der Waals surface area contributed by atoms with Crippen molar-refractivity contribution in [1.29, 1.82) is 0 Å². The number of benzene rings is 2. The second kappa shape index (κ2) is 7.12. The zero-order valence-electron chi connectivity index (χ0n) is 18.8. The number of aryl methyl sites for hydroxylation is 1. The average molecular weight is 433 g/mol. The Morgan fingerprint density at radius 2 is 1.88 bits per heavy atom. The molecule has 1 aliphatic heterocycles. The van der Waals surface area contributed by atoms with Gasteiger partial charge in [0.2, 0.25) is 0 Å². The van der Waals surface area contributed by atoms with Gasteiger partial charge in [-0.25, -0.2) is 4.79 Å². The molecule has 1 aliphatic carbocycles. The quantitative estimate of drug-likeness (QED) is 0.586. The highest BCUT2D eigenvalue weighted by Crippen LogP contribution is 2.62. The van der Waals surface area contributed by atoms with E-state index >= 15 is 0 Å². The van der Waals surface area contributed by atoms with E-state index in [2.05, 4.69) is 24.1 Å². The van der Waals surface area contributed by atoms with E-state index in [0.717, 1.165) is 24.2 Å². The van der Waals surface area contributed by atoms with E-state index in [0.29, 0.717) is 39.8 Å². The van der Waals surface area contributed by atoms with Gasteiger partial charge < -0.3 is 19.7 Å². The number of carbonyl (C=O) groups is 1. The Morgan fingerprint density at radius 3 is 2.56 bits per heavy atom. The number of hydrogen-bond acceptors (Lipinski definition) is 5. The van der Waals surface area contributed by atoms with Gasteiger partial charge in [-0.2, -0.15) is 0 Å². The zero-order valence-corrected chi connectivity index (χ0v) is 18.8. The highest BCUT2D eigenvalue weighted by atomic mass is 16.4. The second-order valence-electron chi connectivity index (χ2n) is 9.84. The molecule has 2 N–H and O–H groups in total. The van der Waals surface area contributed by atoms with Crippen LogP contribution < -0.4 is 15.6 Å². The smallest absolute Gasteiger partial charge is 0.337 e. The van der Waals surface area contributed by atoms with Crippen molar-refractivity contribution in [3.05, 3.63) is 69.4 Å². The number of anilines is 2. The number of nitrogens with one attached hydrogen (secondary N) is 1. The number of aromatic carboxylic acids is 1. The summed E-state index contributed by atoms with van der Waals surface area (Å²) in [6.07, 6.45) is 0. The van der Waals surface area contributed by atoms with Crippen LogP contribution in [-0.2, 0) is 0 Å². The van der Waals surface area contributed by atoms with Crippen LogP contribution in [0, 0.1) is 24.2 Å². The molecule has 6 heteroatoms. The van der Waals surface area contributed by atoms with Gasteiger partial charge >= 0.3 is 5.97 Å². The molecule has 166 valence electrons. The molecule has 2 aromatic carbocycles. The molecule has 3 unspecified atom stereocenters. The minimum absolute atomic E-state index is 0.0517.